The third-order valence-corrected chi connectivity index (χ3v) is 3.49. The minimum Gasteiger partial charge on any atom is -0.435 e. The van der Waals surface area contributed by atoms with Gasteiger partial charge < -0.3 is 15.2 Å². The van der Waals surface area contributed by atoms with Crippen molar-refractivity contribution in [2.75, 3.05) is 6.54 Å². The topological polar surface area (TPSA) is 58.6 Å². The molecule has 6 heteroatoms. The fourth-order valence-corrected chi connectivity index (χ4v) is 1.65. The van der Waals surface area contributed by atoms with Crippen LogP contribution in [0.15, 0.2) is 35.9 Å². The molecular weight excluding hydrogens is 304 g/mol. The van der Waals surface area contributed by atoms with Gasteiger partial charge in [-0.1, -0.05) is 38.5 Å². The molecule has 0 saturated heterocycles. The molecule has 0 aromatic heterocycles. The lowest BCUT2D eigenvalue weighted by molar-refractivity contribution is -0.117. The van der Waals surface area contributed by atoms with E-state index in [0.29, 0.717) is 5.56 Å². The summed E-state index contributed by atoms with van der Waals surface area (Å²) in [5.41, 5.74) is 1.33. The summed E-state index contributed by atoms with van der Waals surface area (Å²) in [7, 11) is 0. The summed E-state index contributed by atoms with van der Waals surface area (Å²) in [6, 6.07) is 5.64. The third-order valence-electron chi connectivity index (χ3n) is 3.49. The number of halogens is 2. The highest BCUT2D eigenvalue weighted by Gasteiger charge is 2.15. The maximum Gasteiger partial charge on any atom is 0.387 e. The molecule has 1 aromatic carbocycles. The molecule has 0 saturated carbocycles. The van der Waals surface area contributed by atoms with Gasteiger partial charge in [0.25, 0.3) is 0 Å². The van der Waals surface area contributed by atoms with Crippen LogP contribution in [0.5, 0.6) is 5.75 Å². The predicted octanol–water partition coefficient (Wildman–Crippen LogP) is 3.43. The zero-order valence-electron chi connectivity index (χ0n) is 13.8. The van der Waals surface area contributed by atoms with Crippen molar-refractivity contribution in [2.24, 2.45) is 5.41 Å². The molecule has 1 amide bonds. The molecular formula is C17H23F2NO3. The van der Waals surface area contributed by atoms with Crippen molar-refractivity contribution in [3.8, 4) is 5.75 Å². The number of benzene rings is 1. The smallest absolute Gasteiger partial charge is 0.387 e. The van der Waals surface area contributed by atoms with Crippen LogP contribution < -0.4 is 10.1 Å². The number of aliphatic hydroxyl groups is 1. The number of allylic oxidation sites excluding steroid dienone is 1. The van der Waals surface area contributed by atoms with Gasteiger partial charge in [0, 0.05) is 12.6 Å². The first-order chi connectivity index (χ1) is 10.6. The molecule has 128 valence electrons. The highest BCUT2D eigenvalue weighted by atomic mass is 19.3. The number of aliphatic hydroxyl groups excluding tert-OH is 1. The summed E-state index contributed by atoms with van der Waals surface area (Å²) in [4.78, 5) is 11.8. The van der Waals surface area contributed by atoms with Crippen molar-refractivity contribution in [1.29, 1.82) is 0 Å². The van der Waals surface area contributed by atoms with Gasteiger partial charge in [0.2, 0.25) is 5.91 Å². The number of ether oxygens (including phenoxy) is 1. The summed E-state index contributed by atoms with van der Waals surface area (Å²) in [5.74, 6) is -0.266. The molecule has 0 fully saturated rings. The van der Waals surface area contributed by atoms with Crippen molar-refractivity contribution >= 4 is 5.91 Å². The van der Waals surface area contributed by atoms with Crippen molar-refractivity contribution in [3.63, 3.8) is 0 Å². The average Bonchev–Trinajstić information content (AvgIpc) is 2.44. The van der Waals surface area contributed by atoms with E-state index in [0.717, 1.165) is 5.57 Å². The second-order valence-corrected chi connectivity index (χ2v) is 6.29. The lowest BCUT2D eigenvalue weighted by atomic mass is 9.87. The summed E-state index contributed by atoms with van der Waals surface area (Å²) >= 11 is 0. The number of carbonyl (C=O) groups is 1. The second-order valence-electron chi connectivity index (χ2n) is 6.29. The van der Waals surface area contributed by atoms with Crippen molar-refractivity contribution in [1.82, 2.24) is 5.32 Å². The van der Waals surface area contributed by atoms with Crippen molar-refractivity contribution in [3.05, 3.63) is 41.5 Å². The van der Waals surface area contributed by atoms with Crippen LogP contribution in [-0.4, -0.2) is 24.2 Å². The second kappa shape index (κ2) is 8.06. The normalized spacial score (nSPS) is 13.8. The quantitative estimate of drug-likeness (QED) is 0.787. The number of hydrogen-bond donors (Lipinski definition) is 2. The Bertz CT molecular complexity index is 548. The van der Waals surface area contributed by atoms with Crippen LogP contribution in [-0.2, 0) is 4.79 Å². The maximum absolute atomic E-state index is 12.1. The van der Waals surface area contributed by atoms with Crippen LogP contribution >= 0.6 is 0 Å². The number of alkyl halides is 2. The van der Waals surface area contributed by atoms with E-state index in [1.54, 1.807) is 0 Å². The minimum absolute atomic E-state index is 0.0173. The van der Waals surface area contributed by atoms with E-state index in [2.05, 4.69) is 10.1 Å². The predicted molar refractivity (Wildman–Crippen MR) is 84.3 cm³/mol. The number of hydrogen-bond acceptors (Lipinski definition) is 3. The Morgan fingerprint density at radius 1 is 1.30 bits per heavy atom. The van der Waals surface area contributed by atoms with Crippen LogP contribution in [0.1, 0.15) is 39.4 Å². The van der Waals surface area contributed by atoms with Gasteiger partial charge in [-0.15, -0.1) is 0 Å². The molecule has 0 heterocycles. The first-order valence-electron chi connectivity index (χ1n) is 7.29. The van der Waals surface area contributed by atoms with Gasteiger partial charge in [0.15, 0.2) is 0 Å². The van der Waals surface area contributed by atoms with Gasteiger partial charge in [-0.3, -0.25) is 4.79 Å². The summed E-state index contributed by atoms with van der Waals surface area (Å²) in [6.07, 6.45) is 0.578. The largest absolute Gasteiger partial charge is 0.435 e. The summed E-state index contributed by atoms with van der Waals surface area (Å²) in [5, 5.41) is 12.6. The summed E-state index contributed by atoms with van der Waals surface area (Å²) in [6.45, 7) is 5.03. The van der Waals surface area contributed by atoms with E-state index in [1.807, 2.05) is 27.7 Å². The molecule has 4 nitrogen and oxygen atoms in total. The Balaban J connectivity index is 2.56. The lowest BCUT2D eigenvalue weighted by Gasteiger charge is -2.19. The van der Waals surface area contributed by atoms with Gasteiger partial charge in [-0.2, -0.15) is 8.78 Å². The van der Waals surface area contributed by atoms with E-state index in [4.69, 9.17) is 0 Å². The van der Waals surface area contributed by atoms with Gasteiger partial charge in [-0.25, -0.2) is 0 Å². The molecule has 1 unspecified atom stereocenters. The highest BCUT2D eigenvalue weighted by molar-refractivity contribution is 5.88. The van der Waals surface area contributed by atoms with Gasteiger partial charge >= 0.3 is 6.61 Å². The number of amides is 1. The van der Waals surface area contributed by atoms with Crippen LogP contribution in [0.2, 0.25) is 0 Å². The van der Waals surface area contributed by atoms with Crippen LogP contribution in [0.4, 0.5) is 8.78 Å². The van der Waals surface area contributed by atoms with E-state index >= 15 is 0 Å². The molecule has 0 bridgehead atoms. The van der Waals surface area contributed by atoms with E-state index in [1.165, 1.54) is 30.3 Å². The standard InChI is InChI=1S/C17H23F2NO3/c1-11(17(2,3)4)9-15(22)20-10-14(21)12-5-7-13(8-6-12)23-16(18)19/h5-9,14,16,21H,10H2,1-4H3,(H,20,22)/b11-9-. The van der Waals surface area contributed by atoms with E-state index in [-0.39, 0.29) is 23.6 Å². The third kappa shape index (κ3) is 6.78. The van der Waals surface area contributed by atoms with Gasteiger partial charge in [0.05, 0.1) is 6.10 Å². The molecule has 0 aliphatic rings. The maximum atomic E-state index is 12.1. The molecule has 0 aliphatic heterocycles. The molecule has 2 N–H and O–H groups in total. The number of nitrogens with one attached hydrogen (secondary N) is 1. The van der Waals surface area contributed by atoms with Crippen molar-refractivity contribution < 1.29 is 23.4 Å². The first-order valence-corrected chi connectivity index (χ1v) is 7.29. The zero-order chi connectivity index (χ0) is 17.6. The Morgan fingerprint density at radius 2 is 1.87 bits per heavy atom. The lowest BCUT2D eigenvalue weighted by Crippen LogP contribution is -2.27. The molecule has 1 aromatic rings. The Kier molecular flexibility index (Phi) is 6.69. The van der Waals surface area contributed by atoms with Crippen LogP contribution in [0.25, 0.3) is 0 Å². The minimum atomic E-state index is -2.89. The van der Waals surface area contributed by atoms with Gasteiger partial charge in [0.1, 0.15) is 5.75 Å². The fourth-order valence-electron chi connectivity index (χ4n) is 1.65. The van der Waals surface area contributed by atoms with E-state index < -0.39 is 12.7 Å². The summed E-state index contributed by atoms with van der Waals surface area (Å²) < 4.78 is 28.3. The van der Waals surface area contributed by atoms with Gasteiger partial charge in [-0.05, 0) is 30.0 Å². The molecule has 0 spiro atoms. The Hall–Kier alpha value is -1.95. The highest BCUT2D eigenvalue weighted by Crippen LogP contribution is 2.24. The fraction of sp³-hybridized carbons (Fsp3) is 0.471. The van der Waals surface area contributed by atoms with Crippen LogP contribution in [0, 0.1) is 5.41 Å². The monoisotopic (exact) mass is 327 g/mol. The van der Waals surface area contributed by atoms with E-state index in [9.17, 15) is 18.7 Å². The molecule has 1 atom stereocenters. The zero-order valence-corrected chi connectivity index (χ0v) is 13.8. The number of rotatable bonds is 6. The Morgan fingerprint density at radius 3 is 2.35 bits per heavy atom. The molecule has 1 rings (SSSR count). The average molecular weight is 327 g/mol. The number of carbonyl (C=O) groups excluding carboxylic acids is 1. The molecule has 0 radical (unpaired) electrons. The first kappa shape index (κ1) is 19.1. The SMILES string of the molecule is C/C(=C/C(=O)NCC(O)c1ccc(OC(F)F)cc1)C(C)(C)C. The molecule has 23 heavy (non-hydrogen) atoms. The molecule has 0 aliphatic carbocycles. The van der Waals surface area contributed by atoms with Crippen molar-refractivity contribution in [2.45, 2.75) is 40.4 Å². The van der Waals surface area contributed by atoms with Crippen LogP contribution in [0.3, 0.4) is 0 Å². The Labute approximate surface area is 135 Å².